The number of rotatable bonds is 9. The Bertz CT molecular complexity index is 2140. The lowest BCUT2D eigenvalue weighted by Crippen LogP contribution is -2.32. The molecule has 8 nitrogen and oxygen atoms in total. The van der Waals surface area contributed by atoms with Crippen molar-refractivity contribution in [3.8, 4) is 22.8 Å². The molecule has 1 saturated carbocycles. The number of alkyl halides is 3. The molecule has 7 rings (SSSR count). The van der Waals surface area contributed by atoms with Gasteiger partial charge in [-0.1, -0.05) is 62.4 Å². The van der Waals surface area contributed by atoms with Crippen molar-refractivity contribution < 1.29 is 27.4 Å². The molecule has 3 heterocycles. The van der Waals surface area contributed by atoms with Crippen LogP contribution in [0.3, 0.4) is 0 Å². The topological polar surface area (TPSA) is 81.3 Å². The highest BCUT2D eigenvalue weighted by atomic mass is 19.4. The van der Waals surface area contributed by atoms with Gasteiger partial charge in [-0.05, 0) is 97.7 Å². The minimum Gasteiger partial charge on any atom is -0.494 e. The smallest absolute Gasteiger partial charge is 0.433 e. The molecule has 0 bridgehead atoms. The molecule has 0 saturated heterocycles. The summed E-state index contributed by atoms with van der Waals surface area (Å²) in [6.45, 7) is 9.02. The van der Waals surface area contributed by atoms with Crippen molar-refractivity contribution in [1.82, 2.24) is 19.6 Å². The summed E-state index contributed by atoms with van der Waals surface area (Å²) in [5, 5.41) is 10.6. The van der Waals surface area contributed by atoms with Gasteiger partial charge < -0.3 is 9.47 Å². The molecule has 0 N–H and O–H groups in total. The molecule has 2 aromatic heterocycles. The summed E-state index contributed by atoms with van der Waals surface area (Å²) < 4.78 is 55.5. The third-order valence-electron chi connectivity index (χ3n) is 9.58. The standard InChI is InChI=1S/C41H40F3N5O3/c1-5-51-31-18-10-26(11-19-31)22-30-8-7-9-33-38(30)47-49(39(33)29-16-20-32(21-17-29)52-6-2)40(50)35-24-37-45-34(23-36(41(42,43)44)48(37)46-35)28-14-12-27(13-15-28)25(3)4/h10-25,33,39H,5-9H2,1-4H3/b30-22-. The van der Waals surface area contributed by atoms with E-state index in [1.54, 1.807) is 12.1 Å². The van der Waals surface area contributed by atoms with E-state index >= 15 is 0 Å². The van der Waals surface area contributed by atoms with Crippen LogP contribution < -0.4 is 9.47 Å². The zero-order valence-electron chi connectivity index (χ0n) is 29.5. The largest absolute Gasteiger partial charge is 0.494 e. The Morgan fingerprint density at radius 3 is 2.19 bits per heavy atom. The molecule has 3 aromatic carbocycles. The fraction of sp³-hybridized carbons (Fsp3) is 0.317. The van der Waals surface area contributed by atoms with Gasteiger partial charge in [-0.3, -0.25) is 4.79 Å². The molecule has 1 aliphatic heterocycles. The summed E-state index contributed by atoms with van der Waals surface area (Å²) in [5.74, 6) is 1.00. The lowest BCUT2D eigenvalue weighted by atomic mass is 9.77. The second-order valence-corrected chi connectivity index (χ2v) is 13.4. The van der Waals surface area contributed by atoms with Gasteiger partial charge in [0.25, 0.3) is 5.91 Å². The highest BCUT2D eigenvalue weighted by Gasteiger charge is 2.45. The number of hydrogen-bond donors (Lipinski definition) is 0. The normalized spacial score (nSPS) is 18.2. The van der Waals surface area contributed by atoms with Gasteiger partial charge in [0.1, 0.15) is 11.5 Å². The maximum Gasteiger partial charge on any atom is 0.433 e. The fourth-order valence-corrected chi connectivity index (χ4v) is 7.04. The van der Waals surface area contributed by atoms with E-state index in [1.165, 1.54) is 11.1 Å². The molecule has 52 heavy (non-hydrogen) atoms. The monoisotopic (exact) mass is 707 g/mol. The van der Waals surface area contributed by atoms with E-state index < -0.39 is 23.8 Å². The number of ether oxygens (including phenoxy) is 2. The summed E-state index contributed by atoms with van der Waals surface area (Å²) in [5.41, 5.74) is 4.06. The maximum absolute atomic E-state index is 14.5. The van der Waals surface area contributed by atoms with E-state index in [9.17, 15) is 18.0 Å². The van der Waals surface area contributed by atoms with Gasteiger partial charge in [-0.15, -0.1) is 0 Å². The van der Waals surface area contributed by atoms with Crippen molar-refractivity contribution in [2.24, 2.45) is 11.0 Å². The lowest BCUT2D eigenvalue weighted by molar-refractivity contribution is -0.142. The van der Waals surface area contributed by atoms with Gasteiger partial charge in [0.05, 0.1) is 30.7 Å². The van der Waals surface area contributed by atoms with E-state index in [0.717, 1.165) is 59.1 Å². The Morgan fingerprint density at radius 1 is 0.923 bits per heavy atom. The van der Waals surface area contributed by atoms with Crippen LogP contribution in [0, 0.1) is 5.92 Å². The Morgan fingerprint density at radius 2 is 1.58 bits per heavy atom. The van der Waals surface area contributed by atoms with Gasteiger partial charge in [-0.2, -0.15) is 23.4 Å². The van der Waals surface area contributed by atoms with E-state index in [1.807, 2.05) is 88.4 Å². The third-order valence-corrected chi connectivity index (χ3v) is 9.58. The molecule has 1 aliphatic carbocycles. The van der Waals surface area contributed by atoms with Crippen LogP contribution in [0.5, 0.6) is 11.5 Å². The second kappa shape index (κ2) is 14.3. The number of hydrazone groups is 1. The maximum atomic E-state index is 14.5. The van der Waals surface area contributed by atoms with Gasteiger partial charge >= 0.3 is 6.18 Å². The first-order valence-corrected chi connectivity index (χ1v) is 17.7. The highest BCUT2D eigenvalue weighted by molar-refractivity contribution is 6.09. The summed E-state index contributed by atoms with van der Waals surface area (Å²) in [4.78, 5) is 19.0. The third kappa shape index (κ3) is 6.91. The summed E-state index contributed by atoms with van der Waals surface area (Å²) in [6, 6.07) is 24.5. The molecular formula is C41H40F3N5O3. The Kier molecular flexibility index (Phi) is 9.61. The Balaban J connectivity index is 1.30. The van der Waals surface area contributed by atoms with Gasteiger partial charge in [-0.25, -0.2) is 14.5 Å². The molecule has 1 amide bonds. The van der Waals surface area contributed by atoms with Gasteiger partial charge in [0, 0.05) is 17.5 Å². The number of carbonyl (C=O) groups is 1. The number of nitrogens with zero attached hydrogens (tertiary/aromatic N) is 5. The molecule has 0 spiro atoms. The van der Waals surface area contributed by atoms with Crippen LogP contribution in [-0.4, -0.2) is 44.4 Å². The average Bonchev–Trinajstić information content (AvgIpc) is 3.75. The second-order valence-electron chi connectivity index (χ2n) is 13.4. The quantitative estimate of drug-likeness (QED) is 0.152. The van der Waals surface area contributed by atoms with Crippen LogP contribution in [0.15, 0.2) is 95.6 Å². The summed E-state index contributed by atoms with van der Waals surface area (Å²) in [6.07, 6.45) is -0.228. The van der Waals surface area contributed by atoms with Crippen LogP contribution in [0.25, 0.3) is 23.0 Å². The van der Waals surface area contributed by atoms with Gasteiger partial charge in [0.15, 0.2) is 17.0 Å². The molecule has 268 valence electrons. The summed E-state index contributed by atoms with van der Waals surface area (Å²) >= 11 is 0. The number of fused-ring (bicyclic) bond motifs is 2. The minimum absolute atomic E-state index is 0.0842. The summed E-state index contributed by atoms with van der Waals surface area (Å²) in [7, 11) is 0. The molecule has 2 atom stereocenters. The van der Waals surface area contributed by atoms with Crippen molar-refractivity contribution in [2.75, 3.05) is 13.2 Å². The molecule has 5 aromatic rings. The molecule has 1 fully saturated rings. The first kappa shape index (κ1) is 35.0. The predicted octanol–water partition coefficient (Wildman–Crippen LogP) is 9.77. The number of benzene rings is 3. The van der Waals surface area contributed by atoms with Crippen molar-refractivity contribution in [3.05, 3.63) is 119 Å². The van der Waals surface area contributed by atoms with E-state index in [4.69, 9.17) is 14.6 Å². The predicted molar refractivity (Wildman–Crippen MR) is 194 cm³/mol. The number of halogens is 3. The van der Waals surface area contributed by atoms with Crippen molar-refractivity contribution >= 4 is 23.3 Å². The first-order valence-electron chi connectivity index (χ1n) is 17.7. The molecule has 2 unspecified atom stereocenters. The zero-order valence-corrected chi connectivity index (χ0v) is 29.5. The number of hydrogen-bond acceptors (Lipinski definition) is 6. The Labute approximate surface area is 300 Å². The SMILES string of the molecule is CCOc1ccc(/C=C2/CCCC3C2=NN(C(=O)c2cc4nc(-c5ccc(C(C)C)cc5)cc(C(F)(F)F)n4n2)C3c2ccc(OCC)cc2)cc1. The van der Waals surface area contributed by atoms with E-state index in [2.05, 4.69) is 16.2 Å². The lowest BCUT2D eigenvalue weighted by Gasteiger charge is -2.29. The zero-order chi connectivity index (χ0) is 36.6. The highest BCUT2D eigenvalue weighted by Crippen LogP contribution is 2.45. The molecule has 11 heteroatoms. The van der Waals surface area contributed by atoms with Crippen LogP contribution in [0.4, 0.5) is 13.2 Å². The number of allylic oxidation sites excluding steroid dienone is 1. The Hall–Kier alpha value is -5.45. The number of carbonyl (C=O) groups excluding carboxylic acids is 1. The van der Waals surface area contributed by atoms with Crippen LogP contribution in [0.1, 0.15) is 91.8 Å². The fourth-order valence-electron chi connectivity index (χ4n) is 7.04. The van der Waals surface area contributed by atoms with E-state index in [0.29, 0.717) is 29.0 Å². The van der Waals surface area contributed by atoms with Crippen LogP contribution in [-0.2, 0) is 6.18 Å². The van der Waals surface area contributed by atoms with Crippen LogP contribution >= 0.6 is 0 Å². The van der Waals surface area contributed by atoms with Crippen LogP contribution in [0.2, 0.25) is 0 Å². The number of aromatic nitrogens is 3. The van der Waals surface area contributed by atoms with Gasteiger partial charge in [0.2, 0.25) is 0 Å². The molecule has 0 radical (unpaired) electrons. The van der Waals surface area contributed by atoms with Crippen molar-refractivity contribution in [1.29, 1.82) is 0 Å². The average molecular weight is 708 g/mol. The minimum atomic E-state index is -4.76. The molecule has 2 aliphatic rings. The van der Waals surface area contributed by atoms with Crippen molar-refractivity contribution in [3.63, 3.8) is 0 Å². The number of amides is 1. The molecular weight excluding hydrogens is 667 g/mol. The first-order chi connectivity index (χ1) is 25.0. The van der Waals surface area contributed by atoms with Crippen molar-refractivity contribution in [2.45, 2.75) is 65.1 Å². The van der Waals surface area contributed by atoms with E-state index in [-0.39, 0.29) is 28.9 Å².